The number of primary amides is 1. The van der Waals surface area contributed by atoms with E-state index in [1.165, 1.54) is 13.0 Å². The topological polar surface area (TPSA) is 130 Å². The van der Waals surface area contributed by atoms with Gasteiger partial charge in [0.15, 0.2) is 5.69 Å². The Morgan fingerprint density at radius 3 is 2.29 bits per heavy atom. The van der Waals surface area contributed by atoms with Gasteiger partial charge < -0.3 is 16.4 Å². The highest BCUT2D eigenvalue weighted by atomic mass is 16.2. The van der Waals surface area contributed by atoms with Crippen molar-refractivity contribution in [1.29, 1.82) is 0 Å². The van der Waals surface area contributed by atoms with Gasteiger partial charge in [0, 0.05) is 13.0 Å². The Balaban J connectivity index is 2.19. The number of nitrogens with two attached hydrogens (primary N) is 1. The van der Waals surface area contributed by atoms with Crippen LogP contribution >= 0.6 is 0 Å². The molecule has 1 aromatic carbocycles. The van der Waals surface area contributed by atoms with Crippen molar-refractivity contribution in [1.82, 2.24) is 10.2 Å². The summed E-state index contributed by atoms with van der Waals surface area (Å²) in [5.74, 6) is -1.49. The van der Waals surface area contributed by atoms with Gasteiger partial charge in [-0.15, -0.1) is 0 Å². The number of carbonyl (C=O) groups excluding carboxylic acids is 3. The summed E-state index contributed by atoms with van der Waals surface area (Å²) in [4.78, 5) is 34.1. The van der Waals surface area contributed by atoms with Crippen molar-refractivity contribution in [3.05, 3.63) is 41.7 Å². The number of aromatic amines is 1. The highest BCUT2D eigenvalue weighted by molar-refractivity contribution is 6.07. The fraction of sp³-hybridized carbons (Fsp3) is 0.0769. The maximum atomic E-state index is 12.0. The number of hydrogen-bond acceptors (Lipinski definition) is 4. The van der Waals surface area contributed by atoms with Crippen LogP contribution in [0.4, 0.5) is 11.4 Å². The largest absolute Gasteiger partial charge is 0.364 e. The zero-order valence-corrected chi connectivity index (χ0v) is 11.1. The number of H-pyrrole nitrogens is 1. The molecule has 0 saturated carbocycles. The summed E-state index contributed by atoms with van der Waals surface area (Å²) >= 11 is 0. The minimum Gasteiger partial charge on any atom is -0.364 e. The minimum absolute atomic E-state index is 0.0321. The SMILES string of the molecule is CC(=O)Nc1ccccc1NC(=O)c1cc(C(N)=O)n[nH]1. The van der Waals surface area contributed by atoms with Crippen LogP contribution in [0, 0.1) is 0 Å². The van der Waals surface area contributed by atoms with Crippen LogP contribution in [0.1, 0.15) is 27.9 Å². The molecule has 3 amide bonds. The van der Waals surface area contributed by atoms with Gasteiger partial charge >= 0.3 is 0 Å². The molecule has 0 aliphatic carbocycles. The molecular formula is C13H13N5O3. The predicted octanol–water partition coefficient (Wildman–Crippen LogP) is 0.719. The summed E-state index contributed by atoms with van der Waals surface area (Å²) in [5.41, 5.74) is 6.00. The van der Waals surface area contributed by atoms with Gasteiger partial charge in [-0.3, -0.25) is 19.5 Å². The normalized spacial score (nSPS) is 9.95. The van der Waals surface area contributed by atoms with Gasteiger partial charge in [-0.1, -0.05) is 12.1 Å². The lowest BCUT2D eigenvalue weighted by Crippen LogP contribution is -2.15. The van der Waals surface area contributed by atoms with Crippen LogP contribution in [0.2, 0.25) is 0 Å². The van der Waals surface area contributed by atoms with Crippen LogP contribution in [0.3, 0.4) is 0 Å². The van der Waals surface area contributed by atoms with Crippen molar-refractivity contribution < 1.29 is 14.4 Å². The summed E-state index contributed by atoms with van der Waals surface area (Å²) in [5, 5.41) is 11.2. The molecule has 0 radical (unpaired) electrons. The Labute approximate surface area is 119 Å². The molecule has 0 fully saturated rings. The summed E-state index contributed by atoms with van der Waals surface area (Å²) in [6, 6.07) is 7.97. The monoisotopic (exact) mass is 287 g/mol. The van der Waals surface area contributed by atoms with E-state index < -0.39 is 11.8 Å². The average Bonchev–Trinajstić information content (AvgIpc) is 2.90. The van der Waals surface area contributed by atoms with E-state index in [9.17, 15) is 14.4 Å². The van der Waals surface area contributed by atoms with Crippen molar-refractivity contribution in [3.63, 3.8) is 0 Å². The molecule has 21 heavy (non-hydrogen) atoms. The number of anilines is 2. The number of benzene rings is 1. The summed E-state index contributed by atoms with van der Waals surface area (Å²) in [6.07, 6.45) is 0. The summed E-state index contributed by atoms with van der Waals surface area (Å²) in [7, 11) is 0. The number of nitrogens with one attached hydrogen (secondary N) is 3. The summed E-state index contributed by atoms with van der Waals surface area (Å²) < 4.78 is 0. The van der Waals surface area contributed by atoms with Crippen LogP contribution in [0.25, 0.3) is 0 Å². The number of aromatic nitrogens is 2. The Kier molecular flexibility index (Phi) is 3.98. The molecule has 0 atom stereocenters. The van der Waals surface area contributed by atoms with Crippen LogP contribution in [-0.4, -0.2) is 27.9 Å². The van der Waals surface area contributed by atoms with E-state index in [1.54, 1.807) is 24.3 Å². The van der Waals surface area contributed by atoms with Gasteiger partial charge in [0.25, 0.3) is 11.8 Å². The van der Waals surface area contributed by atoms with E-state index in [-0.39, 0.29) is 17.3 Å². The van der Waals surface area contributed by atoms with E-state index in [0.717, 1.165) is 0 Å². The first-order chi connectivity index (χ1) is 9.97. The standard InChI is InChI=1S/C13H13N5O3/c1-7(19)15-8-4-2-3-5-9(8)16-13(21)11-6-10(12(14)20)17-18-11/h2-6H,1H3,(H2,14,20)(H,15,19)(H,16,21)(H,17,18). The van der Waals surface area contributed by atoms with Crippen molar-refractivity contribution in [2.45, 2.75) is 6.92 Å². The Bertz CT molecular complexity index is 707. The Morgan fingerprint density at radius 1 is 1.14 bits per heavy atom. The van der Waals surface area contributed by atoms with Crippen LogP contribution < -0.4 is 16.4 Å². The second kappa shape index (κ2) is 5.87. The fourth-order valence-electron chi connectivity index (χ4n) is 1.64. The molecule has 0 aliphatic rings. The highest BCUT2D eigenvalue weighted by Gasteiger charge is 2.14. The predicted molar refractivity (Wildman–Crippen MR) is 75.8 cm³/mol. The zero-order chi connectivity index (χ0) is 15.4. The molecule has 1 heterocycles. The molecule has 5 N–H and O–H groups in total. The summed E-state index contributed by atoms with van der Waals surface area (Å²) in [6.45, 7) is 1.37. The fourth-order valence-corrected chi connectivity index (χ4v) is 1.64. The van der Waals surface area contributed by atoms with Crippen LogP contribution in [0.15, 0.2) is 30.3 Å². The van der Waals surface area contributed by atoms with E-state index in [0.29, 0.717) is 11.4 Å². The van der Waals surface area contributed by atoms with Gasteiger partial charge in [0.1, 0.15) is 5.69 Å². The first-order valence-corrected chi connectivity index (χ1v) is 6.00. The van der Waals surface area contributed by atoms with Crippen molar-refractivity contribution in [2.24, 2.45) is 5.73 Å². The lowest BCUT2D eigenvalue weighted by molar-refractivity contribution is -0.114. The lowest BCUT2D eigenvalue weighted by Gasteiger charge is -2.10. The Morgan fingerprint density at radius 2 is 1.76 bits per heavy atom. The first-order valence-electron chi connectivity index (χ1n) is 6.00. The maximum Gasteiger partial charge on any atom is 0.273 e. The van der Waals surface area contributed by atoms with Crippen molar-refractivity contribution in [2.75, 3.05) is 10.6 Å². The molecule has 8 nitrogen and oxygen atoms in total. The number of carbonyl (C=O) groups is 3. The second-order valence-corrected chi connectivity index (χ2v) is 4.21. The minimum atomic E-state index is -0.732. The quantitative estimate of drug-likeness (QED) is 0.660. The molecule has 0 aliphatic heterocycles. The third kappa shape index (κ3) is 3.44. The number of hydrogen-bond donors (Lipinski definition) is 4. The van der Waals surface area contributed by atoms with Gasteiger partial charge in [-0.2, -0.15) is 5.10 Å². The molecule has 0 spiro atoms. The molecule has 2 aromatic rings. The molecule has 0 bridgehead atoms. The third-order valence-electron chi connectivity index (χ3n) is 2.56. The van der Waals surface area contributed by atoms with Crippen molar-refractivity contribution in [3.8, 4) is 0 Å². The van der Waals surface area contributed by atoms with Gasteiger partial charge in [0.2, 0.25) is 5.91 Å². The highest BCUT2D eigenvalue weighted by Crippen LogP contribution is 2.21. The molecule has 0 saturated heterocycles. The molecule has 108 valence electrons. The number of amides is 3. The first kappa shape index (κ1) is 14.3. The van der Waals surface area contributed by atoms with E-state index >= 15 is 0 Å². The number of nitrogens with zero attached hydrogens (tertiary/aromatic N) is 1. The van der Waals surface area contributed by atoms with Gasteiger partial charge in [-0.25, -0.2) is 0 Å². The van der Waals surface area contributed by atoms with Gasteiger partial charge in [0.05, 0.1) is 11.4 Å². The third-order valence-corrected chi connectivity index (χ3v) is 2.56. The number of para-hydroxylation sites is 2. The average molecular weight is 287 g/mol. The Hall–Kier alpha value is -3.16. The van der Waals surface area contributed by atoms with Crippen LogP contribution in [-0.2, 0) is 4.79 Å². The molecule has 2 rings (SSSR count). The molecule has 1 aromatic heterocycles. The maximum absolute atomic E-state index is 12.0. The van der Waals surface area contributed by atoms with Gasteiger partial charge in [-0.05, 0) is 12.1 Å². The molecular weight excluding hydrogens is 274 g/mol. The number of rotatable bonds is 4. The lowest BCUT2D eigenvalue weighted by atomic mass is 10.2. The van der Waals surface area contributed by atoms with E-state index in [4.69, 9.17) is 5.73 Å². The van der Waals surface area contributed by atoms with E-state index in [1.807, 2.05) is 0 Å². The van der Waals surface area contributed by atoms with Crippen LogP contribution in [0.5, 0.6) is 0 Å². The second-order valence-electron chi connectivity index (χ2n) is 4.21. The zero-order valence-electron chi connectivity index (χ0n) is 11.1. The molecule has 8 heteroatoms. The smallest absolute Gasteiger partial charge is 0.273 e. The van der Waals surface area contributed by atoms with E-state index in [2.05, 4.69) is 20.8 Å². The van der Waals surface area contributed by atoms with Crippen molar-refractivity contribution >= 4 is 29.1 Å². The molecule has 0 unspecified atom stereocenters.